The number of carbonyl (C=O) groups is 3. The molecule has 0 saturated heterocycles. The molecule has 2 N–H and O–H groups in total. The van der Waals surface area contributed by atoms with Gasteiger partial charge < -0.3 is 10.1 Å². The quantitative estimate of drug-likeness (QED) is 0.780. The maximum Gasteiger partial charge on any atom is 0.321 e. The average molecular weight is 340 g/mol. The van der Waals surface area contributed by atoms with E-state index >= 15 is 0 Å². The molecular formula is C16H24N2O4S. The van der Waals surface area contributed by atoms with Gasteiger partial charge in [-0.3, -0.25) is 14.9 Å². The first-order valence-corrected chi connectivity index (χ1v) is 8.40. The first kappa shape index (κ1) is 19.2. The van der Waals surface area contributed by atoms with E-state index in [0.717, 1.165) is 6.42 Å². The number of carbonyl (C=O) groups excluding carboxylic acids is 3. The summed E-state index contributed by atoms with van der Waals surface area (Å²) in [5.74, 6) is -1.08. The number of esters is 1. The van der Waals surface area contributed by atoms with Crippen LogP contribution < -0.4 is 10.6 Å². The van der Waals surface area contributed by atoms with Crippen LogP contribution in [0.5, 0.6) is 0 Å². The van der Waals surface area contributed by atoms with Gasteiger partial charge in [0.05, 0.1) is 0 Å². The maximum absolute atomic E-state index is 11.8. The van der Waals surface area contributed by atoms with Gasteiger partial charge in [0, 0.05) is 16.8 Å². The molecule has 0 radical (unpaired) electrons. The van der Waals surface area contributed by atoms with Crippen molar-refractivity contribution in [1.82, 2.24) is 10.6 Å². The SMILES string of the molecule is C[C@H](OC(=O)CCCc1cccs1)C(=O)NC(=O)NC(C)(C)C. The standard InChI is InChI=1S/C16H24N2O4S/c1-11(14(20)17-15(21)18-16(2,3)4)22-13(19)9-5-7-12-8-6-10-23-12/h6,8,10-11H,5,7,9H2,1-4H3,(H2,17,18,20,21)/t11-/m0/s1. The van der Waals surface area contributed by atoms with Gasteiger partial charge in [-0.2, -0.15) is 0 Å². The van der Waals surface area contributed by atoms with Crippen LogP contribution in [0.4, 0.5) is 4.79 Å². The smallest absolute Gasteiger partial charge is 0.321 e. The van der Waals surface area contributed by atoms with Gasteiger partial charge in [-0.25, -0.2) is 4.79 Å². The second-order valence-corrected chi connectivity index (χ2v) is 7.29. The Hall–Kier alpha value is -1.89. The average Bonchev–Trinajstić information content (AvgIpc) is 2.89. The first-order chi connectivity index (χ1) is 10.7. The van der Waals surface area contributed by atoms with Crippen LogP contribution in [-0.2, 0) is 20.7 Å². The van der Waals surface area contributed by atoms with Crippen LogP contribution in [0.2, 0.25) is 0 Å². The van der Waals surface area contributed by atoms with Crippen LogP contribution in [0.1, 0.15) is 45.4 Å². The Bertz CT molecular complexity index is 535. The van der Waals surface area contributed by atoms with Gasteiger partial charge >= 0.3 is 12.0 Å². The normalized spacial score (nSPS) is 12.3. The zero-order chi connectivity index (χ0) is 17.5. The summed E-state index contributed by atoms with van der Waals surface area (Å²) in [5.41, 5.74) is -0.452. The van der Waals surface area contributed by atoms with Gasteiger partial charge in [0.2, 0.25) is 0 Å². The van der Waals surface area contributed by atoms with Crippen LogP contribution in [0.15, 0.2) is 17.5 Å². The molecule has 0 aliphatic heterocycles. The lowest BCUT2D eigenvalue weighted by Gasteiger charge is -2.21. The Balaban J connectivity index is 2.27. The largest absolute Gasteiger partial charge is 0.453 e. The van der Waals surface area contributed by atoms with Gasteiger partial charge in [0.1, 0.15) is 0 Å². The zero-order valence-electron chi connectivity index (χ0n) is 14.0. The molecule has 0 unspecified atom stereocenters. The van der Waals surface area contributed by atoms with E-state index in [1.807, 2.05) is 17.5 Å². The van der Waals surface area contributed by atoms with Gasteiger partial charge in [-0.1, -0.05) is 6.07 Å². The number of thiophene rings is 1. The van der Waals surface area contributed by atoms with Crippen molar-refractivity contribution < 1.29 is 19.1 Å². The minimum absolute atomic E-state index is 0.240. The molecular weight excluding hydrogens is 316 g/mol. The fourth-order valence-corrected chi connectivity index (χ4v) is 2.51. The predicted molar refractivity (Wildman–Crippen MR) is 89.2 cm³/mol. The second-order valence-electron chi connectivity index (χ2n) is 6.26. The third-order valence-electron chi connectivity index (χ3n) is 2.79. The summed E-state index contributed by atoms with van der Waals surface area (Å²) in [5, 5.41) is 6.74. The predicted octanol–water partition coefficient (Wildman–Crippen LogP) is 2.63. The van der Waals surface area contributed by atoms with E-state index in [2.05, 4.69) is 10.6 Å². The van der Waals surface area contributed by atoms with E-state index in [1.165, 1.54) is 11.8 Å². The summed E-state index contributed by atoms with van der Waals surface area (Å²) in [4.78, 5) is 36.3. The summed E-state index contributed by atoms with van der Waals surface area (Å²) in [6.07, 6.45) is 0.707. The molecule has 0 spiro atoms. The molecule has 0 aliphatic rings. The number of rotatable bonds is 6. The first-order valence-electron chi connectivity index (χ1n) is 7.52. The van der Waals surface area contributed by atoms with Crippen LogP contribution >= 0.6 is 11.3 Å². The number of imide groups is 1. The molecule has 1 aromatic rings. The zero-order valence-corrected chi connectivity index (χ0v) is 14.8. The van der Waals surface area contributed by atoms with E-state index in [1.54, 1.807) is 32.1 Å². The van der Waals surface area contributed by atoms with Crippen molar-refractivity contribution in [2.75, 3.05) is 0 Å². The molecule has 0 aliphatic carbocycles. The second kappa shape index (κ2) is 8.67. The molecule has 1 rings (SSSR count). The van der Waals surface area contributed by atoms with Gasteiger partial charge in [-0.15, -0.1) is 11.3 Å². The molecule has 0 bridgehead atoms. The molecule has 0 aromatic carbocycles. The summed E-state index contributed by atoms with van der Waals surface area (Å²) in [7, 11) is 0. The topological polar surface area (TPSA) is 84.5 Å². The van der Waals surface area contributed by atoms with E-state index in [9.17, 15) is 14.4 Å². The summed E-state index contributed by atoms with van der Waals surface area (Å²) in [6.45, 7) is 6.84. The van der Waals surface area contributed by atoms with Gasteiger partial charge in [0.15, 0.2) is 6.10 Å². The van der Waals surface area contributed by atoms with Crippen LogP contribution in [0, 0.1) is 0 Å². The molecule has 6 nitrogen and oxygen atoms in total. The highest BCUT2D eigenvalue weighted by Crippen LogP contribution is 2.12. The summed E-state index contributed by atoms with van der Waals surface area (Å²) in [6, 6.07) is 3.37. The van der Waals surface area contributed by atoms with Crippen LogP contribution in [-0.4, -0.2) is 29.6 Å². The summed E-state index contributed by atoms with van der Waals surface area (Å²) < 4.78 is 5.04. The van der Waals surface area contributed by atoms with Crippen molar-refractivity contribution in [3.05, 3.63) is 22.4 Å². The maximum atomic E-state index is 11.8. The highest BCUT2D eigenvalue weighted by Gasteiger charge is 2.21. The number of hydrogen-bond acceptors (Lipinski definition) is 5. The van der Waals surface area contributed by atoms with Crippen molar-refractivity contribution in [2.45, 2.75) is 58.6 Å². The Kier molecular flexibility index (Phi) is 7.22. The highest BCUT2D eigenvalue weighted by molar-refractivity contribution is 7.09. The molecule has 1 heterocycles. The number of nitrogens with one attached hydrogen (secondary N) is 2. The Morgan fingerprint density at radius 1 is 1.30 bits per heavy atom. The Labute approximate surface area is 140 Å². The molecule has 1 atom stereocenters. The van der Waals surface area contributed by atoms with Crippen molar-refractivity contribution in [3.63, 3.8) is 0 Å². The van der Waals surface area contributed by atoms with Crippen LogP contribution in [0.3, 0.4) is 0 Å². The lowest BCUT2D eigenvalue weighted by Crippen LogP contribution is -2.50. The molecule has 23 heavy (non-hydrogen) atoms. The van der Waals surface area contributed by atoms with Crippen molar-refractivity contribution in [3.8, 4) is 0 Å². The van der Waals surface area contributed by atoms with Crippen molar-refractivity contribution in [1.29, 1.82) is 0 Å². The van der Waals surface area contributed by atoms with Crippen LogP contribution in [0.25, 0.3) is 0 Å². The lowest BCUT2D eigenvalue weighted by molar-refractivity contribution is -0.154. The number of urea groups is 1. The fourth-order valence-electron chi connectivity index (χ4n) is 1.76. The Morgan fingerprint density at radius 3 is 2.57 bits per heavy atom. The third kappa shape index (κ3) is 8.35. The molecule has 7 heteroatoms. The van der Waals surface area contributed by atoms with Gasteiger partial charge in [-0.05, 0) is 52.0 Å². The van der Waals surface area contributed by atoms with E-state index in [0.29, 0.717) is 6.42 Å². The number of amides is 3. The van der Waals surface area contributed by atoms with Crippen molar-refractivity contribution >= 4 is 29.2 Å². The fraction of sp³-hybridized carbons (Fsp3) is 0.562. The highest BCUT2D eigenvalue weighted by atomic mass is 32.1. The van der Waals surface area contributed by atoms with E-state index < -0.39 is 29.6 Å². The van der Waals surface area contributed by atoms with E-state index in [4.69, 9.17) is 4.74 Å². The molecule has 3 amide bonds. The molecule has 1 aromatic heterocycles. The van der Waals surface area contributed by atoms with E-state index in [-0.39, 0.29) is 6.42 Å². The lowest BCUT2D eigenvalue weighted by atomic mass is 10.1. The molecule has 128 valence electrons. The third-order valence-corrected chi connectivity index (χ3v) is 3.72. The minimum Gasteiger partial charge on any atom is -0.453 e. The number of hydrogen-bond donors (Lipinski definition) is 2. The van der Waals surface area contributed by atoms with Crippen molar-refractivity contribution in [2.24, 2.45) is 0 Å². The summed E-state index contributed by atoms with van der Waals surface area (Å²) >= 11 is 1.64. The molecule has 0 saturated carbocycles. The minimum atomic E-state index is -1.00. The Morgan fingerprint density at radius 2 is 2.00 bits per heavy atom. The number of ether oxygens (including phenoxy) is 1. The molecule has 0 fully saturated rings. The number of aryl methyl sites for hydroxylation is 1. The monoisotopic (exact) mass is 340 g/mol. The van der Waals surface area contributed by atoms with Gasteiger partial charge in [0.25, 0.3) is 5.91 Å².